The lowest BCUT2D eigenvalue weighted by atomic mass is 9.84. The van der Waals surface area contributed by atoms with Gasteiger partial charge >= 0.3 is 5.97 Å². The van der Waals surface area contributed by atoms with Crippen LogP contribution in [0.1, 0.15) is 32.6 Å². The Bertz CT molecular complexity index is 299. The molecule has 1 saturated carbocycles. The summed E-state index contributed by atoms with van der Waals surface area (Å²) >= 11 is 0. The fourth-order valence-electron chi connectivity index (χ4n) is 1.89. The van der Waals surface area contributed by atoms with Crippen LogP contribution in [-0.4, -0.2) is 13.1 Å². The maximum absolute atomic E-state index is 11.2. The third kappa shape index (κ3) is 2.35. The van der Waals surface area contributed by atoms with Crippen LogP contribution in [0.5, 0.6) is 0 Å². The highest BCUT2D eigenvalue weighted by Crippen LogP contribution is 2.30. The first kappa shape index (κ1) is 10.8. The zero-order valence-corrected chi connectivity index (χ0v) is 8.67. The number of hydrogen-bond acceptors (Lipinski definition) is 3. The molecular formula is C11H15NO2. The molecule has 0 bridgehead atoms. The number of nitrogens with zero attached hydrogens (tertiary/aromatic N) is 1. The van der Waals surface area contributed by atoms with Gasteiger partial charge in [-0.05, 0) is 30.8 Å². The molecule has 14 heavy (non-hydrogen) atoms. The molecule has 0 aromatic carbocycles. The second-order valence-electron chi connectivity index (χ2n) is 3.78. The van der Waals surface area contributed by atoms with Crippen molar-refractivity contribution >= 4 is 5.97 Å². The molecule has 0 heterocycles. The minimum absolute atomic E-state index is 0.221. The summed E-state index contributed by atoms with van der Waals surface area (Å²) < 4.78 is 4.57. The van der Waals surface area contributed by atoms with E-state index in [2.05, 4.69) is 11.7 Å². The first-order valence-electron chi connectivity index (χ1n) is 4.89. The Morgan fingerprint density at radius 2 is 2.36 bits per heavy atom. The number of rotatable bonds is 1. The van der Waals surface area contributed by atoms with Gasteiger partial charge in [-0.3, -0.25) is 0 Å². The molecule has 0 N–H and O–H groups in total. The highest BCUT2D eigenvalue weighted by molar-refractivity contribution is 5.93. The van der Waals surface area contributed by atoms with Crippen molar-refractivity contribution in [1.29, 1.82) is 5.26 Å². The van der Waals surface area contributed by atoms with Crippen LogP contribution in [0.25, 0.3) is 0 Å². The van der Waals surface area contributed by atoms with E-state index in [0.717, 1.165) is 24.8 Å². The van der Waals surface area contributed by atoms with Crippen LogP contribution in [0.3, 0.4) is 0 Å². The summed E-state index contributed by atoms with van der Waals surface area (Å²) in [5.41, 5.74) is 1.19. The van der Waals surface area contributed by atoms with Gasteiger partial charge < -0.3 is 4.74 Å². The molecule has 0 aliphatic heterocycles. The van der Waals surface area contributed by atoms with Gasteiger partial charge in [-0.2, -0.15) is 5.26 Å². The van der Waals surface area contributed by atoms with Gasteiger partial charge in [0.15, 0.2) is 0 Å². The van der Waals surface area contributed by atoms with Crippen molar-refractivity contribution in [2.24, 2.45) is 5.92 Å². The molecule has 0 aromatic heterocycles. The molecule has 0 spiro atoms. The predicted octanol–water partition coefficient (Wildman–Crippen LogP) is 2.19. The number of carbonyl (C=O) groups excluding carboxylic acids is 1. The van der Waals surface area contributed by atoms with E-state index in [1.54, 1.807) is 0 Å². The molecule has 1 aliphatic rings. The van der Waals surface area contributed by atoms with Crippen molar-refractivity contribution < 1.29 is 9.53 Å². The minimum atomic E-state index is -0.489. The Kier molecular flexibility index (Phi) is 3.70. The Balaban J connectivity index is 2.88. The number of carbonyl (C=O) groups is 1. The highest BCUT2D eigenvalue weighted by atomic mass is 16.5. The zero-order chi connectivity index (χ0) is 10.6. The van der Waals surface area contributed by atoms with E-state index in [-0.39, 0.29) is 5.57 Å². The summed E-state index contributed by atoms with van der Waals surface area (Å²) in [6.45, 7) is 2.14. The standard InChI is InChI=1S/C11H15NO2/c1-8-4-3-5-9(6-8)10(7-12)11(13)14-2/h8H,3-6H2,1-2H3/b10-9+. The Hall–Kier alpha value is -1.30. The lowest BCUT2D eigenvalue weighted by molar-refractivity contribution is -0.135. The Morgan fingerprint density at radius 1 is 1.64 bits per heavy atom. The smallest absolute Gasteiger partial charge is 0.348 e. The molecule has 1 atom stereocenters. The summed E-state index contributed by atoms with van der Waals surface area (Å²) in [6, 6.07) is 1.95. The maximum atomic E-state index is 11.2. The van der Waals surface area contributed by atoms with Gasteiger partial charge in [0.05, 0.1) is 7.11 Å². The van der Waals surface area contributed by atoms with Gasteiger partial charge in [0.2, 0.25) is 0 Å². The fourth-order valence-corrected chi connectivity index (χ4v) is 1.89. The van der Waals surface area contributed by atoms with Crippen molar-refractivity contribution in [2.45, 2.75) is 32.6 Å². The number of allylic oxidation sites excluding steroid dienone is 1. The number of esters is 1. The van der Waals surface area contributed by atoms with E-state index in [0.29, 0.717) is 5.92 Å². The minimum Gasteiger partial charge on any atom is -0.465 e. The first-order valence-corrected chi connectivity index (χ1v) is 4.89. The van der Waals surface area contributed by atoms with Gasteiger partial charge in [-0.25, -0.2) is 4.79 Å². The van der Waals surface area contributed by atoms with Crippen molar-refractivity contribution in [2.75, 3.05) is 7.11 Å². The molecule has 0 saturated heterocycles. The normalized spacial score (nSPS) is 25.1. The third-order valence-corrected chi connectivity index (χ3v) is 2.63. The quantitative estimate of drug-likeness (QED) is 0.364. The SMILES string of the molecule is COC(=O)/C(C#N)=C1\CCCC(C)C1. The van der Waals surface area contributed by atoms with Crippen LogP contribution in [0, 0.1) is 17.2 Å². The second-order valence-corrected chi connectivity index (χ2v) is 3.78. The topological polar surface area (TPSA) is 50.1 Å². The van der Waals surface area contributed by atoms with Crippen molar-refractivity contribution in [3.63, 3.8) is 0 Å². The molecule has 0 amide bonds. The van der Waals surface area contributed by atoms with Crippen LogP contribution in [0.2, 0.25) is 0 Å². The fraction of sp³-hybridized carbons (Fsp3) is 0.636. The number of ether oxygens (including phenoxy) is 1. The van der Waals surface area contributed by atoms with Crippen molar-refractivity contribution in [1.82, 2.24) is 0 Å². The van der Waals surface area contributed by atoms with E-state index in [1.807, 2.05) is 6.07 Å². The lowest BCUT2D eigenvalue weighted by Crippen LogP contribution is -2.12. The number of hydrogen-bond donors (Lipinski definition) is 0. The van der Waals surface area contributed by atoms with Crippen LogP contribution < -0.4 is 0 Å². The maximum Gasteiger partial charge on any atom is 0.348 e. The molecule has 1 fully saturated rings. The van der Waals surface area contributed by atoms with E-state index in [4.69, 9.17) is 5.26 Å². The number of nitriles is 1. The molecule has 3 nitrogen and oxygen atoms in total. The molecule has 1 rings (SSSR count). The predicted molar refractivity (Wildman–Crippen MR) is 52.3 cm³/mol. The Morgan fingerprint density at radius 3 is 2.86 bits per heavy atom. The largest absolute Gasteiger partial charge is 0.465 e. The molecule has 1 unspecified atom stereocenters. The van der Waals surface area contributed by atoms with Gasteiger partial charge in [0.1, 0.15) is 11.6 Å². The monoisotopic (exact) mass is 193 g/mol. The van der Waals surface area contributed by atoms with E-state index < -0.39 is 5.97 Å². The van der Waals surface area contributed by atoms with E-state index in [9.17, 15) is 4.79 Å². The average molecular weight is 193 g/mol. The highest BCUT2D eigenvalue weighted by Gasteiger charge is 2.20. The van der Waals surface area contributed by atoms with E-state index in [1.165, 1.54) is 13.5 Å². The van der Waals surface area contributed by atoms with Crippen LogP contribution in [-0.2, 0) is 9.53 Å². The molecule has 1 aliphatic carbocycles. The molecule has 3 heteroatoms. The van der Waals surface area contributed by atoms with Gasteiger partial charge in [-0.15, -0.1) is 0 Å². The lowest BCUT2D eigenvalue weighted by Gasteiger charge is -2.20. The summed E-state index contributed by atoms with van der Waals surface area (Å²) in [7, 11) is 1.31. The van der Waals surface area contributed by atoms with Crippen LogP contribution >= 0.6 is 0 Å². The van der Waals surface area contributed by atoms with Gasteiger partial charge in [0.25, 0.3) is 0 Å². The average Bonchev–Trinajstić information content (AvgIpc) is 2.19. The molecular weight excluding hydrogens is 178 g/mol. The van der Waals surface area contributed by atoms with Crippen molar-refractivity contribution in [3.05, 3.63) is 11.1 Å². The van der Waals surface area contributed by atoms with Crippen LogP contribution in [0.4, 0.5) is 0 Å². The van der Waals surface area contributed by atoms with Crippen molar-refractivity contribution in [3.8, 4) is 6.07 Å². The molecule has 0 radical (unpaired) electrons. The Labute approximate surface area is 84.4 Å². The first-order chi connectivity index (χ1) is 6.69. The molecule has 76 valence electrons. The van der Waals surface area contributed by atoms with Gasteiger partial charge in [0, 0.05) is 0 Å². The summed E-state index contributed by atoms with van der Waals surface area (Å²) in [5, 5.41) is 8.86. The van der Waals surface area contributed by atoms with Crippen LogP contribution in [0.15, 0.2) is 11.1 Å². The third-order valence-electron chi connectivity index (χ3n) is 2.63. The zero-order valence-electron chi connectivity index (χ0n) is 8.67. The number of methoxy groups -OCH3 is 1. The second kappa shape index (κ2) is 4.80. The van der Waals surface area contributed by atoms with E-state index >= 15 is 0 Å². The molecule has 0 aromatic rings. The summed E-state index contributed by atoms with van der Waals surface area (Å²) in [6.07, 6.45) is 3.97. The summed E-state index contributed by atoms with van der Waals surface area (Å²) in [4.78, 5) is 11.2. The summed E-state index contributed by atoms with van der Waals surface area (Å²) in [5.74, 6) is 0.0864. The van der Waals surface area contributed by atoms with Gasteiger partial charge in [-0.1, -0.05) is 13.3 Å².